The van der Waals surface area contributed by atoms with Gasteiger partial charge in [0.05, 0.1) is 5.52 Å². The van der Waals surface area contributed by atoms with Gasteiger partial charge in [-0.3, -0.25) is 5.10 Å². The van der Waals surface area contributed by atoms with E-state index in [1.165, 1.54) is 0 Å². The summed E-state index contributed by atoms with van der Waals surface area (Å²) in [6, 6.07) is 6.02. The van der Waals surface area contributed by atoms with E-state index in [1.807, 2.05) is 39.1 Å². The van der Waals surface area contributed by atoms with Crippen molar-refractivity contribution < 1.29 is 0 Å². The zero-order chi connectivity index (χ0) is 10.6. The van der Waals surface area contributed by atoms with E-state index in [4.69, 9.17) is 0 Å². The molecule has 0 fully saturated rings. The van der Waals surface area contributed by atoms with Crippen LogP contribution in [0.3, 0.4) is 0 Å². The molecule has 0 radical (unpaired) electrons. The maximum atomic E-state index is 4.10. The lowest BCUT2D eigenvalue weighted by molar-refractivity contribution is 1.11. The van der Waals surface area contributed by atoms with Crippen LogP contribution in [0.25, 0.3) is 10.9 Å². The van der Waals surface area contributed by atoms with E-state index in [9.17, 15) is 0 Å². The molecule has 0 aliphatic rings. The van der Waals surface area contributed by atoms with Gasteiger partial charge in [0.15, 0.2) is 5.82 Å². The van der Waals surface area contributed by atoms with Crippen LogP contribution in [0.15, 0.2) is 22.7 Å². The van der Waals surface area contributed by atoms with Gasteiger partial charge in [-0.25, -0.2) is 0 Å². The summed E-state index contributed by atoms with van der Waals surface area (Å²) in [4.78, 5) is 0. The van der Waals surface area contributed by atoms with Crippen molar-refractivity contribution in [2.45, 2.75) is 13.8 Å². The minimum absolute atomic E-state index is 0.887. The molecule has 14 heavy (non-hydrogen) atoms. The number of aromatic nitrogens is 2. The van der Waals surface area contributed by atoms with Crippen molar-refractivity contribution in [2.75, 3.05) is 12.4 Å². The molecule has 0 spiro atoms. The Bertz CT molecular complexity index is 409. The first-order valence-corrected chi connectivity index (χ1v) is 5.42. The Morgan fingerprint density at radius 1 is 1.36 bits per heavy atom. The smallest absolute Gasteiger partial charge is 0.155 e. The molecule has 3 nitrogen and oxygen atoms in total. The minimum Gasteiger partial charge on any atom is -0.371 e. The lowest BCUT2D eigenvalue weighted by Gasteiger charge is -1.93. The first-order valence-electron chi connectivity index (χ1n) is 4.62. The summed E-state index contributed by atoms with van der Waals surface area (Å²) >= 11 is 3.40. The van der Waals surface area contributed by atoms with Crippen LogP contribution in [0.4, 0.5) is 5.82 Å². The Balaban J connectivity index is 0.000000461. The Labute approximate surface area is 92.0 Å². The number of hydrogen-bond donors (Lipinski definition) is 2. The van der Waals surface area contributed by atoms with Gasteiger partial charge in [0, 0.05) is 16.9 Å². The van der Waals surface area contributed by atoms with Crippen molar-refractivity contribution >= 4 is 32.7 Å². The first kappa shape index (κ1) is 11.0. The van der Waals surface area contributed by atoms with Gasteiger partial charge in [0.25, 0.3) is 0 Å². The van der Waals surface area contributed by atoms with Gasteiger partial charge in [0.1, 0.15) is 0 Å². The molecule has 0 aliphatic heterocycles. The maximum Gasteiger partial charge on any atom is 0.155 e. The lowest BCUT2D eigenvalue weighted by Crippen LogP contribution is -1.87. The largest absolute Gasteiger partial charge is 0.371 e. The molecule has 1 heterocycles. The Hall–Kier alpha value is -1.03. The van der Waals surface area contributed by atoms with E-state index < -0.39 is 0 Å². The normalized spacial score (nSPS) is 9.43. The van der Waals surface area contributed by atoms with Crippen molar-refractivity contribution in [1.29, 1.82) is 0 Å². The predicted molar refractivity (Wildman–Crippen MR) is 64.7 cm³/mol. The SMILES string of the molecule is CC.CNc1n[nH]c2cc(Br)ccc12. The molecule has 1 aromatic carbocycles. The second-order valence-electron chi connectivity index (χ2n) is 2.51. The summed E-state index contributed by atoms with van der Waals surface area (Å²) in [5.41, 5.74) is 1.04. The fraction of sp³-hybridized carbons (Fsp3) is 0.300. The third kappa shape index (κ3) is 2.07. The fourth-order valence-electron chi connectivity index (χ4n) is 1.18. The van der Waals surface area contributed by atoms with E-state index >= 15 is 0 Å². The number of rotatable bonds is 1. The molecule has 76 valence electrons. The number of benzene rings is 1. The van der Waals surface area contributed by atoms with Gasteiger partial charge in [-0.2, -0.15) is 5.10 Å². The van der Waals surface area contributed by atoms with E-state index in [1.54, 1.807) is 0 Å². The van der Waals surface area contributed by atoms with Crippen LogP contribution in [0, 0.1) is 0 Å². The number of halogens is 1. The highest BCUT2D eigenvalue weighted by atomic mass is 79.9. The lowest BCUT2D eigenvalue weighted by atomic mass is 10.2. The highest BCUT2D eigenvalue weighted by molar-refractivity contribution is 9.10. The van der Waals surface area contributed by atoms with Gasteiger partial charge in [-0.1, -0.05) is 29.8 Å². The molecule has 4 heteroatoms. The highest BCUT2D eigenvalue weighted by Crippen LogP contribution is 2.22. The standard InChI is InChI=1S/C8H8BrN3.C2H6/c1-10-8-6-3-2-5(9)4-7(6)11-12-8;1-2/h2-4H,1H3,(H2,10,11,12);1-2H3. The van der Waals surface area contributed by atoms with Crippen LogP contribution in [0.5, 0.6) is 0 Å². The molecule has 2 N–H and O–H groups in total. The third-order valence-electron chi connectivity index (χ3n) is 1.76. The number of anilines is 1. The maximum absolute atomic E-state index is 4.10. The van der Waals surface area contributed by atoms with Gasteiger partial charge in [0.2, 0.25) is 0 Å². The van der Waals surface area contributed by atoms with E-state index in [-0.39, 0.29) is 0 Å². The van der Waals surface area contributed by atoms with Crippen molar-refractivity contribution in [3.8, 4) is 0 Å². The fourth-order valence-corrected chi connectivity index (χ4v) is 1.54. The van der Waals surface area contributed by atoms with Gasteiger partial charge in [-0.05, 0) is 18.2 Å². The second-order valence-corrected chi connectivity index (χ2v) is 3.43. The minimum atomic E-state index is 0.887. The Morgan fingerprint density at radius 2 is 2.07 bits per heavy atom. The molecule has 0 unspecified atom stereocenters. The van der Waals surface area contributed by atoms with Crippen LogP contribution in [-0.4, -0.2) is 17.2 Å². The number of nitrogens with zero attached hydrogens (tertiary/aromatic N) is 1. The molecule has 2 aromatic rings. The highest BCUT2D eigenvalue weighted by Gasteiger charge is 2.02. The summed E-state index contributed by atoms with van der Waals surface area (Å²) in [6.45, 7) is 4.00. The molecule has 0 saturated heterocycles. The summed E-state index contributed by atoms with van der Waals surface area (Å²) in [5, 5.41) is 11.2. The monoisotopic (exact) mass is 255 g/mol. The van der Waals surface area contributed by atoms with Crippen LogP contribution in [0.2, 0.25) is 0 Å². The van der Waals surface area contributed by atoms with Gasteiger partial charge < -0.3 is 5.32 Å². The molecule has 1 aromatic heterocycles. The zero-order valence-electron chi connectivity index (χ0n) is 8.56. The average molecular weight is 256 g/mol. The number of H-pyrrole nitrogens is 1. The first-order chi connectivity index (χ1) is 6.81. The van der Waals surface area contributed by atoms with E-state index in [0.717, 1.165) is 21.2 Å². The van der Waals surface area contributed by atoms with Gasteiger partial charge in [-0.15, -0.1) is 0 Å². The Kier molecular flexibility index (Phi) is 3.95. The third-order valence-corrected chi connectivity index (χ3v) is 2.25. The molecule has 0 atom stereocenters. The number of aromatic amines is 1. The quantitative estimate of drug-likeness (QED) is 0.821. The van der Waals surface area contributed by atoms with Crippen LogP contribution in [-0.2, 0) is 0 Å². The second kappa shape index (κ2) is 5.00. The summed E-state index contributed by atoms with van der Waals surface area (Å²) < 4.78 is 1.06. The van der Waals surface area contributed by atoms with E-state index in [2.05, 4.69) is 31.4 Å². The molecule has 0 amide bonds. The summed E-state index contributed by atoms with van der Waals surface area (Å²) in [7, 11) is 1.86. The molecular formula is C10H14BrN3. The number of hydrogen-bond acceptors (Lipinski definition) is 2. The van der Waals surface area contributed by atoms with Crippen LogP contribution >= 0.6 is 15.9 Å². The van der Waals surface area contributed by atoms with Crippen molar-refractivity contribution in [3.63, 3.8) is 0 Å². The van der Waals surface area contributed by atoms with Crippen molar-refractivity contribution in [1.82, 2.24) is 10.2 Å². The number of fused-ring (bicyclic) bond motifs is 1. The van der Waals surface area contributed by atoms with Crippen LogP contribution in [0.1, 0.15) is 13.8 Å². The van der Waals surface area contributed by atoms with Gasteiger partial charge >= 0.3 is 0 Å². The molecule has 0 aliphatic carbocycles. The van der Waals surface area contributed by atoms with Crippen molar-refractivity contribution in [2.24, 2.45) is 0 Å². The average Bonchev–Trinajstić information content (AvgIpc) is 2.62. The van der Waals surface area contributed by atoms with Crippen molar-refractivity contribution in [3.05, 3.63) is 22.7 Å². The molecule has 0 bridgehead atoms. The number of nitrogens with one attached hydrogen (secondary N) is 2. The van der Waals surface area contributed by atoms with E-state index in [0.29, 0.717) is 0 Å². The van der Waals surface area contributed by atoms with Crippen LogP contribution < -0.4 is 5.32 Å². The summed E-state index contributed by atoms with van der Waals surface area (Å²) in [6.07, 6.45) is 0. The topological polar surface area (TPSA) is 40.7 Å². The predicted octanol–water partition coefficient (Wildman–Crippen LogP) is 3.39. The molecule has 2 rings (SSSR count). The molecular weight excluding hydrogens is 242 g/mol. The Morgan fingerprint density at radius 3 is 2.71 bits per heavy atom. The molecule has 0 saturated carbocycles. The zero-order valence-corrected chi connectivity index (χ0v) is 10.1. The summed E-state index contributed by atoms with van der Waals surface area (Å²) in [5.74, 6) is 0.887.